The van der Waals surface area contributed by atoms with Crippen LogP contribution in [0.1, 0.15) is 10.4 Å². The van der Waals surface area contributed by atoms with Gasteiger partial charge in [-0.05, 0) is 36.4 Å². The molecule has 1 aromatic carbocycles. The Morgan fingerprint density at radius 3 is 2.61 bits per heavy atom. The van der Waals surface area contributed by atoms with Crippen LogP contribution in [0.4, 0.5) is 13.2 Å². The number of aromatic nitrogens is 1. The number of benzene rings is 1. The summed E-state index contributed by atoms with van der Waals surface area (Å²) >= 11 is 0. The number of hydrogen-bond donors (Lipinski definition) is 1. The number of ether oxygens (including phenoxy) is 1. The predicted octanol–water partition coefficient (Wildman–Crippen LogP) is 4.09. The summed E-state index contributed by atoms with van der Waals surface area (Å²) in [5.41, 5.74) is 0.282. The number of rotatable bonds is 3. The molecule has 0 saturated heterocycles. The van der Waals surface area contributed by atoms with Gasteiger partial charge in [-0.25, -0.2) is 9.78 Å². The number of aromatic carboxylic acids is 1. The molecule has 0 radical (unpaired) electrons. The first-order valence-electron chi connectivity index (χ1n) is 6.31. The van der Waals surface area contributed by atoms with Crippen LogP contribution in [-0.2, 0) is 0 Å². The van der Waals surface area contributed by atoms with E-state index in [0.717, 1.165) is 12.1 Å². The van der Waals surface area contributed by atoms with E-state index in [2.05, 4.69) is 9.72 Å². The summed E-state index contributed by atoms with van der Waals surface area (Å²) in [7, 11) is 0. The lowest BCUT2D eigenvalue weighted by molar-refractivity contribution is -0.274. The maximum absolute atomic E-state index is 12.3. The Labute approximate surface area is 126 Å². The van der Waals surface area contributed by atoms with Crippen LogP contribution in [0.5, 0.6) is 5.75 Å². The molecule has 0 aliphatic rings. The first-order valence-corrected chi connectivity index (χ1v) is 6.31. The van der Waals surface area contributed by atoms with Gasteiger partial charge in [-0.3, -0.25) is 0 Å². The highest BCUT2D eigenvalue weighted by molar-refractivity contribution is 6.04. The SMILES string of the molecule is O=C(O)c1cc(-c2ccco2)nc2ccc(OC(F)(F)F)cc12. The van der Waals surface area contributed by atoms with Gasteiger partial charge < -0.3 is 14.3 Å². The fourth-order valence-corrected chi connectivity index (χ4v) is 2.13. The average Bonchev–Trinajstić information content (AvgIpc) is 2.98. The minimum atomic E-state index is -4.86. The van der Waals surface area contributed by atoms with E-state index in [1.54, 1.807) is 12.1 Å². The number of pyridine rings is 1. The van der Waals surface area contributed by atoms with E-state index in [1.807, 2.05) is 0 Å². The second kappa shape index (κ2) is 5.31. The molecule has 0 aliphatic heterocycles. The number of alkyl halides is 3. The van der Waals surface area contributed by atoms with Gasteiger partial charge in [0.15, 0.2) is 5.76 Å². The molecule has 23 heavy (non-hydrogen) atoms. The zero-order valence-electron chi connectivity index (χ0n) is 11.3. The zero-order chi connectivity index (χ0) is 16.6. The van der Waals surface area contributed by atoms with E-state index in [9.17, 15) is 23.1 Å². The Balaban J connectivity index is 2.18. The number of carboxylic acid groups (broad SMARTS) is 1. The Morgan fingerprint density at radius 1 is 1.22 bits per heavy atom. The number of furan rings is 1. The van der Waals surface area contributed by atoms with Crippen LogP contribution in [0.25, 0.3) is 22.4 Å². The van der Waals surface area contributed by atoms with E-state index in [1.165, 1.54) is 18.4 Å². The van der Waals surface area contributed by atoms with Gasteiger partial charge in [0.25, 0.3) is 0 Å². The molecule has 2 heterocycles. The first-order chi connectivity index (χ1) is 10.8. The molecule has 0 fully saturated rings. The van der Waals surface area contributed by atoms with E-state index in [-0.39, 0.29) is 22.2 Å². The van der Waals surface area contributed by atoms with Crippen molar-refractivity contribution in [3.05, 3.63) is 48.2 Å². The Hall–Kier alpha value is -3.03. The number of nitrogens with zero attached hydrogens (tertiary/aromatic N) is 1. The van der Waals surface area contributed by atoms with E-state index in [4.69, 9.17) is 4.42 Å². The molecule has 8 heteroatoms. The standard InChI is InChI=1S/C15H8F3NO4/c16-15(17,18)23-8-3-4-11-9(6-8)10(14(20)21)7-12(19-11)13-2-1-5-22-13/h1-7H,(H,20,21). The van der Waals surface area contributed by atoms with Gasteiger partial charge in [0.2, 0.25) is 0 Å². The quantitative estimate of drug-likeness (QED) is 0.786. The van der Waals surface area contributed by atoms with Crippen LogP contribution in [0.2, 0.25) is 0 Å². The zero-order valence-corrected chi connectivity index (χ0v) is 11.3. The monoisotopic (exact) mass is 323 g/mol. The van der Waals surface area contributed by atoms with Crippen LogP contribution in [-0.4, -0.2) is 22.4 Å². The normalized spacial score (nSPS) is 11.6. The minimum absolute atomic E-state index is 0.0366. The van der Waals surface area contributed by atoms with Crippen molar-refractivity contribution in [1.82, 2.24) is 4.98 Å². The van der Waals surface area contributed by atoms with E-state index < -0.39 is 18.1 Å². The third kappa shape index (κ3) is 3.10. The van der Waals surface area contributed by atoms with E-state index >= 15 is 0 Å². The summed E-state index contributed by atoms with van der Waals surface area (Å²) < 4.78 is 45.8. The molecule has 0 amide bonds. The van der Waals surface area contributed by atoms with Crippen molar-refractivity contribution in [3.63, 3.8) is 0 Å². The number of hydrogen-bond acceptors (Lipinski definition) is 4. The summed E-state index contributed by atoms with van der Waals surface area (Å²) in [6.07, 6.45) is -3.46. The number of carbonyl (C=O) groups is 1. The maximum Gasteiger partial charge on any atom is 0.573 e. The summed E-state index contributed by atoms with van der Waals surface area (Å²) in [5, 5.41) is 9.34. The molecule has 0 atom stereocenters. The molecule has 5 nitrogen and oxygen atoms in total. The average molecular weight is 323 g/mol. The summed E-state index contributed by atoms with van der Waals surface area (Å²) in [5.74, 6) is -1.46. The van der Waals surface area contributed by atoms with Crippen molar-refractivity contribution in [2.45, 2.75) is 6.36 Å². The van der Waals surface area contributed by atoms with Crippen molar-refractivity contribution >= 4 is 16.9 Å². The summed E-state index contributed by atoms with van der Waals surface area (Å²) in [6, 6.07) is 7.77. The molecule has 118 valence electrons. The molecule has 0 saturated carbocycles. The number of carboxylic acids is 1. The second-order valence-corrected chi connectivity index (χ2v) is 4.56. The fourth-order valence-electron chi connectivity index (χ4n) is 2.13. The van der Waals surface area contributed by atoms with Gasteiger partial charge in [-0.15, -0.1) is 13.2 Å². The topological polar surface area (TPSA) is 72.6 Å². The molecular formula is C15H8F3NO4. The molecule has 0 aliphatic carbocycles. The summed E-state index contributed by atoms with van der Waals surface area (Å²) in [4.78, 5) is 15.6. The third-order valence-electron chi connectivity index (χ3n) is 3.02. The van der Waals surface area contributed by atoms with Crippen LogP contribution in [0.15, 0.2) is 47.1 Å². The highest BCUT2D eigenvalue weighted by Crippen LogP contribution is 2.30. The third-order valence-corrected chi connectivity index (χ3v) is 3.02. The van der Waals surface area contributed by atoms with Crippen LogP contribution < -0.4 is 4.74 Å². The second-order valence-electron chi connectivity index (χ2n) is 4.56. The van der Waals surface area contributed by atoms with Crippen LogP contribution in [0, 0.1) is 0 Å². The van der Waals surface area contributed by atoms with Crippen molar-refractivity contribution < 1.29 is 32.2 Å². The van der Waals surface area contributed by atoms with Gasteiger partial charge >= 0.3 is 12.3 Å². The lowest BCUT2D eigenvalue weighted by Crippen LogP contribution is -2.17. The first kappa shape index (κ1) is 14.9. The van der Waals surface area contributed by atoms with Gasteiger partial charge in [0.1, 0.15) is 11.4 Å². The van der Waals surface area contributed by atoms with Gasteiger partial charge in [-0.1, -0.05) is 0 Å². The fraction of sp³-hybridized carbons (Fsp3) is 0.0667. The molecule has 3 rings (SSSR count). The molecule has 2 aromatic heterocycles. The predicted molar refractivity (Wildman–Crippen MR) is 73.1 cm³/mol. The molecule has 0 spiro atoms. The van der Waals surface area contributed by atoms with Gasteiger partial charge in [-0.2, -0.15) is 0 Å². The minimum Gasteiger partial charge on any atom is -0.478 e. The van der Waals surface area contributed by atoms with Crippen molar-refractivity contribution in [3.8, 4) is 17.2 Å². The van der Waals surface area contributed by atoms with E-state index in [0.29, 0.717) is 5.76 Å². The number of fused-ring (bicyclic) bond motifs is 1. The molecule has 3 aromatic rings. The van der Waals surface area contributed by atoms with Crippen molar-refractivity contribution in [1.29, 1.82) is 0 Å². The molecule has 0 unspecified atom stereocenters. The summed E-state index contributed by atoms with van der Waals surface area (Å²) in [6.45, 7) is 0. The van der Waals surface area contributed by atoms with Crippen molar-refractivity contribution in [2.75, 3.05) is 0 Å². The largest absolute Gasteiger partial charge is 0.573 e. The lowest BCUT2D eigenvalue weighted by Gasteiger charge is -2.11. The lowest BCUT2D eigenvalue weighted by atomic mass is 10.1. The highest BCUT2D eigenvalue weighted by Gasteiger charge is 2.31. The van der Waals surface area contributed by atoms with Gasteiger partial charge in [0.05, 0.1) is 17.3 Å². The molecule has 1 N–H and O–H groups in total. The molecule has 0 bridgehead atoms. The highest BCUT2D eigenvalue weighted by atomic mass is 19.4. The Kier molecular flexibility index (Phi) is 3.44. The van der Waals surface area contributed by atoms with Crippen molar-refractivity contribution in [2.24, 2.45) is 0 Å². The maximum atomic E-state index is 12.3. The smallest absolute Gasteiger partial charge is 0.478 e. The van der Waals surface area contributed by atoms with Crippen LogP contribution in [0.3, 0.4) is 0 Å². The Bertz CT molecular complexity index is 872. The molecular weight excluding hydrogens is 315 g/mol. The Morgan fingerprint density at radius 2 is 2.00 bits per heavy atom. The van der Waals surface area contributed by atoms with Gasteiger partial charge in [0, 0.05) is 5.39 Å². The number of halogens is 3. The van der Waals surface area contributed by atoms with Crippen LogP contribution >= 0.6 is 0 Å².